The molecule has 0 spiro atoms. The molecule has 1 fully saturated rings. The van der Waals surface area contributed by atoms with Crippen molar-refractivity contribution in [2.75, 3.05) is 18.0 Å². The SMILES string of the molecule is CC(C)N(CC1CCCN1)c1ncc([N+](=O)[O-])cn1. The molecule has 1 aromatic rings. The van der Waals surface area contributed by atoms with Crippen LogP contribution in [0, 0.1) is 10.1 Å². The van der Waals surface area contributed by atoms with Crippen LogP contribution in [0.4, 0.5) is 11.6 Å². The molecule has 1 unspecified atom stereocenters. The summed E-state index contributed by atoms with van der Waals surface area (Å²) in [7, 11) is 0. The van der Waals surface area contributed by atoms with Crippen molar-refractivity contribution in [2.24, 2.45) is 0 Å². The van der Waals surface area contributed by atoms with Crippen LogP contribution in [-0.2, 0) is 0 Å². The van der Waals surface area contributed by atoms with Crippen LogP contribution in [0.25, 0.3) is 0 Å². The molecule has 7 nitrogen and oxygen atoms in total. The molecular formula is C12H19N5O2. The van der Waals surface area contributed by atoms with Crippen molar-refractivity contribution in [1.29, 1.82) is 0 Å². The second-order valence-corrected chi connectivity index (χ2v) is 5.04. The molecule has 1 saturated heterocycles. The molecule has 1 aliphatic rings. The lowest BCUT2D eigenvalue weighted by Crippen LogP contribution is -2.42. The second-order valence-electron chi connectivity index (χ2n) is 5.04. The predicted octanol–water partition coefficient (Wildman–Crippen LogP) is 1.35. The smallest absolute Gasteiger partial charge is 0.305 e. The van der Waals surface area contributed by atoms with Gasteiger partial charge in [0.05, 0.1) is 4.92 Å². The first kappa shape index (κ1) is 13.7. The van der Waals surface area contributed by atoms with E-state index in [0.29, 0.717) is 12.0 Å². The molecule has 1 aromatic heterocycles. The van der Waals surface area contributed by atoms with Gasteiger partial charge in [0.15, 0.2) is 0 Å². The summed E-state index contributed by atoms with van der Waals surface area (Å²) in [5.74, 6) is 0.550. The van der Waals surface area contributed by atoms with Crippen LogP contribution >= 0.6 is 0 Å². The Morgan fingerprint density at radius 2 is 2.21 bits per heavy atom. The molecule has 0 bridgehead atoms. The molecule has 2 heterocycles. The maximum atomic E-state index is 10.6. The number of anilines is 1. The van der Waals surface area contributed by atoms with Crippen LogP contribution in [0.2, 0.25) is 0 Å². The van der Waals surface area contributed by atoms with E-state index in [9.17, 15) is 10.1 Å². The van der Waals surface area contributed by atoms with Gasteiger partial charge < -0.3 is 10.2 Å². The lowest BCUT2D eigenvalue weighted by molar-refractivity contribution is -0.385. The molecule has 2 rings (SSSR count). The summed E-state index contributed by atoms with van der Waals surface area (Å²) >= 11 is 0. The van der Waals surface area contributed by atoms with Gasteiger partial charge in [-0.15, -0.1) is 0 Å². The predicted molar refractivity (Wildman–Crippen MR) is 72.2 cm³/mol. The quantitative estimate of drug-likeness (QED) is 0.639. The fraction of sp³-hybridized carbons (Fsp3) is 0.667. The first-order valence-corrected chi connectivity index (χ1v) is 6.54. The number of aromatic nitrogens is 2. The number of hydrogen-bond donors (Lipinski definition) is 1. The zero-order chi connectivity index (χ0) is 13.8. The summed E-state index contributed by atoms with van der Waals surface area (Å²) in [4.78, 5) is 20.4. The van der Waals surface area contributed by atoms with E-state index in [1.165, 1.54) is 18.8 Å². The van der Waals surface area contributed by atoms with Crippen molar-refractivity contribution in [1.82, 2.24) is 15.3 Å². The minimum atomic E-state index is -0.484. The average molecular weight is 265 g/mol. The van der Waals surface area contributed by atoms with Gasteiger partial charge in [-0.05, 0) is 33.2 Å². The van der Waals surface area contributed by atoms with Crippen molar-refractivity contribution < 1.29 is 4.92 Å². The van der Waals surface area contributed by atoms with Gasteiger partial charge in [0.1, 0.15) is 12.4 Å². The van der Waals surface area contributed by atoms with Gasteiger partial charge in [-0.3, -0.25) is 10.1 Å². The molecule has 0 aliphatic carbocycles. The van der Waals surface area contributed by atoms with Crippen molar-refractivity contribution in [3.8, 4) is 0 Å². The minimum Gasteiger partial charge on any atom is -0.337 e. The van der Waals surface area contributed by atoms with Gasteiger partial charge in [-0.1, -0.05) is 0 Å². The van der Waals surface area contributed by atoms with Gasteiger partial charge >= 0.3 is 5.69 Å². The zero-order valence-electron chi connectivity index (χ0n) is 11.2. The number of nitrogens with zero attached hydrogens (tertiary/aromatic N) is 4. The van der Waals surface area contributed by atoms with Gasteiger partial charge in [0.25, 0.3) is 0 Å². The van der Waals surface area contributed by atoms with Gasteiger partial charge in [0.2, 0.25) is 5.95 Å². The average Bonchev–Trinajstić information content (AvgIpc) is 2.88. The lowest BCUT2D eigenvalue weighted by Gasteiger charge is -2.29. The Kier molecular flexibility index (Phi) is 4.26. The van der Waals surface area contributed by atoms with Crippen molar-refractivity contribution in [3.05, 3.63) is 22.5 Å². The third-order valence-electron chi connectivity index (χ3n) is 3.30. The van der Waals surface area contributed by atoms with E-state index in [1.807, 2.05) is 0 Å². The third-order valence-corrected chi connectivity index (χ3v) is 3.30. The van der Waals surface area contributed by atoms with E-state index in [2.05, 4.69) is 34.0 Å². The number of nitro groups is 1. The molecule has 104 valence electrons. The van der Waals surface area contributed by atoms with Crippen molar-refractivity contribution in [2.45, 2.75) is 38.8 Å². The van der Waals surface area contributed by atoms with E-state index in [4.69, 9.17) is 0 Å². The van der Waals surface area contributed by atoms with Crippen LogP contribution < -0.4 is 10.2 Å². The molecule has 1 aliphatic heterocycles. The third kappa shape index (κ3) is 3.37. The summed E-state index contributed by atoms with van der Waals surface area (Å²) in [6.45, 7) is 6.02. The molecule has 0 radical (unpaired) electrons. The van der Waals surface area contributed by atoms with E-state index in [-0.39, 0.29) is 11.7 Å². The van der Waals surface area contributed by atoms with Gasteiger partial charge in [0, 0.05) is 18.6 Å². The van der Waals surface area contributed by atoms with E-state index in [0.717, 1.165) is 19.5 Å². The number of rotatable bonds is 5. The van der Waals surface area contributed by atoms with Crippen LogP contribution in [0.3, 0.4) is 0 Å². The Balaban J connectivity index is 2.11. The molecule has 0 aromatic carbocycles. The van der Waals surface area contributed by atoms with Crippen LogP contribution in [0.1, 0.15) is 26.7 Å². The number of hydrogen-bond acceptors (Lipinski definition) is 6. The second kappa shape index (κ2) is 5.92. The van der Waals surface area contributed by atoms with Crippen molar-refractivity contribution >= 4 is 11.6 Å². The Bertz CT molecular complexity index is 428. The van der Waals surface area contributed by atoms with Gasteiger partial charge in [-0.2, -0.15) is 0 Å². The highest BCUT2D eigenvalue weighted by Gasteiger charge is 2.22. The van der Waals surface area contributed by atoms with Crippen LogP contribution in [-0.4, -0.2) is 40.1 Å². The molecular weight excluding hydrogens is 246 g/mol. The summed E-state index contributed by atoms with van der Waals surface area (Å²) in [6, 6.07) is 0.699. The maximum absolute atomic E-state index is 10.6. The lowest BCUT2D eigenvalue weighted by atomic mass is 10.2. The first-order chi connectivity index (χ1) is 9.08. The highest BCUT2D eigenvalue weighted by Crippen LogP contribution is 2.17. The fourth-order valence-corrected chi connectivity index (χ4v) is 2.23. The van der Waals surface area contributed by atoms with Gasteiger partial charge in [-0.25, -0.2) is 9.97 Å². The summed E-state index contributed by atoms with van der Waals surface area (Å²) < 4.78 is 0. The molecule has 19 heavy (non-hydrogen) atoms. The Morgan fingerprint density at radius 1 is 1.53 bits per heavy atom. The van der Waals surface area contributed by atoms with Crippen LogP contribution in [0.15, 0.2) is 12.4 Å². The van der Waals surface area contributed by atoms with E-state index < -0.39 is 4.92 Å². The molecule has 1 atom stereocenters. The minimum absolute atomic E-state index is 0.0774. The topological polar surface area (TPSA) is 84.2 Å². The standard InChI is InChI=1S/C12H19N5O2/c1-9(2)16(8-10-4-3-5-13-10)12-14-6-11(7-15-12)17(18)19/h6-7,9-10,13H,3-5,8H2,1-2H3. The summed E-state index contributed by atoms with van der Waals surface area (Å²) in [6.07, 6.45) is 4.87. The normalized spacial score (nSPS) is 18.8. The Labute approximate surface area is 112 Å². The zero-order valence-corrected chi connectivity index (χ0v) is 11.2. The number of nitrogens with one attached hydrogen (secondary N) is 1. The highest BCUT2D eigenvalue weighted by molar-refractivity contribution is 5.35. The molecule has 0 amide bonds. The largest absolute Gasteiger partial charge is 0.337 e. The first-order valence-electron chi connectivity index (χ1n) is 6.54. The van der Waals surface area contributed by atoms with Crippen molar-refractivity contribution in [3.63, 3.8) is 0 Å². The maximum Gasteiger partial charge on any atom is 0.305 e. The summed E-state index contributed by atoms with van der Waals surface area (Å²) in [5.41, 5.74) is -0.0774. The van der Waals surface area contributed by atoms with Crippen LogP contribution in [0.5, 0.6) is 0 Å². The summed E-state index contributed by atoms with van der Waals surface area (Å²) in [5, 5.41) is 14.0. The Morgan fingerprint density at radius 3 is 2.68 bits per heavy atom. The molecule has 0 saturated carbocycles. The van der Waals surface area contributed by atoms with E-state index in [1.54, 1.807) is 0 Å². The monoisotopic (exact) mass is 265 g/mol. The Hall–Kier alpha value is -1.76. The molecule has 1 N–H and O–H groups in total. The molecule has 7 heteroatoms. The van der Waals surface area contributed by atoms with E-state index >= 15 is 0 Å². The highest BCUT2D eigenvalue weighted by atomic mass is 16.6. The fourth-order valence-electron chi connectivity index (χ4n) is 2.23.